The van der Waals surface area contributed by atoms with Gasteiger partial charge in [-0.3, -0.25) is 4.79 Å². The van der Waals surface area contributed by atoms with Crippen LogP contribution in [0.3, 0.4) is 0 Å². The molecule has 0 radical (unpaired) electrons. The molecule has 1 aliphatic heterocycles. The van der Waals surface area contributed by atoms with Crippen molar-refractivity contribution in [3.8, 4) is 0 Å². The molecule has 0 spiro atoms. The Kier molecular flexibility index (Phi) is 6.44. The van der Waals surface area contributed by atoms with Crippen molar-refractivity contribution < 1.29 is 14.3 Å². The van der Waals surface area contributed by atoms with Gasteiger partial charge in [0, 0.05) is 44.1 Å². The molecular formula is C20H25N5O3. The summed E-state index contributed by atoms with van der Waals surface area (Å²) in [5, 5.41) is 8.38. The Labute approximate surface area is 164 Å². The molecule has 1 aromatic heterocycles. The monoisotopic (exact) mass is 383 g/mol. The van der Waals surface area contributed by atoms with Crippen LogP contribution in [0.2, 0.25) is 0 Å². The second-order valence-corrected chi connectivity index (χ2v) is 6.64. The van der Waals surface area contributed by atoms with Gasteiger partial charge < -0.3 is 25.6 Å². The van der Waals surface area contributed by atoms with E-state index in [1.165, 1.54) is 6.92 Å². The van der Waals surface area contributed by atoms with Crippen LogP contribution in [0.25, 0.3) is 0 Å². The molecule has 0 saturated carbocycles. The normalized spacial score (nSPS) is 13.7. The van der Waals surface area contributed by atoms with Crippen molar-refractivity contribution in [2.75, 3.05) is 41.8 Å². The highest BCUT2D eigenvalue weighted by Crippen LogP contribution is 2.20. The van der Waals surface area contributed by atoms with Gasteiger partial charge in [0.05, 0.1) is 13.2 Å². The maximum Gasteiger partial charge on any atom is 0.319 e. The van der Waals surface area contributed by atoms with Crippen molar-refractivity contribution in [1.29, 1.82) is 0 Å². The summed E-state index contributed by atoms with van der Waals surface area (Å²) in [4.78, 5) is 30.1. The molecular weight excluding hydrogens is 358 g/mol. The van der Waals surface area contributed by atoms with Crippen LogP contribution in [-0.2, 0) is 16.1 Å². The highest BCUT2D eigenvalue weighted by molar-refractivity contribution is 5.93. The molecule has 1 saturated heterocycles. The van der Waals surface area contributed by atoms with Crippen LogP contribution in [0, 0.1) is 6.92 Å². The number of carbonyl (C=O) groups excluding carboxylic acids is 2. The standard InChI is InChI=1S/C20H25N5O3/c1-14-3-4-17(12-18(14)23-15(2)26)24-20(27)22-13-16-5-6-21-19(11-16)25-7-9-28-10-8-25/h3-6,11-12H,7-10,13H2,1-2H3,(H,23,26)(H2,22,24,27). The maximum atomic E-state index is 12.2. The number of hydrogen-bond donors (Lipinski definition) is 3. The van der Waals surface area contributed by atoms with Crippen LogP contribution in [0.5, 0.6) is 0 Å². The predicted octanol–water partition coefficient (Wildman–Crippen LogP) is 2.51. The Hall–Kier alpha value is -3.13. The fourth-order valence-electron chi connectivity index (χ4n) is 2.92. The summed E-state index contributed by atoms with van der Waals surface area (Å²) in [5.41, 5.74) is 3.17. The average molecular weight is 383 g/mol. The third-order valence-corrected chi connectivity index (χ3v) is 4.40. The van der Waals surface area contributed by atoms with Crippen molar-refractivity contribution in [2.24, 2.45) is 0 Å². The number of aryl methyl sites for hydroxylation is 1. The Bertz CT molecular complexity index is 849. The highest BCUT2D eigenvalue weighted by atomic mass is 16.5. The summed E-state index contributed by atoms with van der Waals surface area (Å²) in [5.74, 6) is 0.736. The number of aromatic nitrogens is 1. The van der Waals surface area contributed by atoms with Crippen LogP contribution in [-0.4, -0.2) is 43.2 Å². The lowest BCUT2D eigenvalue weighted by molar-refractivity contribution is -0.114. The smallest absolute Gasteiger partial charge is 0.319 e. The number of ether oxygens (including phenoxy) is 1. The molecule has 2 aromatic rings. The van der Waals surface area contributed by atoms with E-state index >= 15 is 0 Å². The molecule has 3 rings (SSSR count). The van der Waals surface area contributed by atoms with E-state index in [2.05, 4.69) is 25.8 Å². The molecule has 8 nitrogen and oxygen atoms in total. The van der Waals surface area contributed by atoms with Crippen LogP contribution >= 0.6 is 0 Å². The van der Waals surface area contributed by atoms with Gasteiger partial charge in [-0.25, -0.2) is 9.78 Å². The number of hydrogen-bond acceptors (Lipinski definition) is 5. The predicted molar refractivity (Wildman–Crippen MR) is 109 cm³/mol. The Morgan fingerprint density at radius 2 is 1.93 bits per heavy atom. The molecule has 148 valence electrons. The molecule has 0 unspecified atom stereocenters. The molecule has 1 fully saturated rings. The molecule has 0 aliphatic carbocycles. The molecule has 3 N–H and O–H groups in total. The largest absolute Gasteiger partial charge is 0.378 e. The van der Waals surface area contributed by atoms with Gasteiger partial charge in [0.15, 0.2) is 0 Å². The van der Waals surface area contributed by atoms with E-state index in [0.717, 1.165) is 30.0 Å². The summed E-state index contributed by atoms with van der Waals surface area (Å²) < 4.78 is 5.37. The molecule has 1 aromatic carbocycles. The molecule has 8 heteroatoms. The minimum Gasteiger partial charge on any atom is -0.378 e. The second-order valence-electron chi connectivity index (χ2n) is 6.64. The van der Waals surface area contributed by atoms with Crippen LogP contribution in [0.1, 0.15) is 18.1 Å². The Morgan fingerprint density at radius 1 is 1.14 bits per heavy atom. The lowest BCUT2D eigenvalue weighted by Gasteiger charge is -2.28. The van der Waals surface area contributed by atoms with Crippen molar-refractivity contribution in [3.05, 3.63) is 47.7 Å². The van der Waals surface area contributed by atoms with Gasteiger partial charge in [-0.1, -0.05) is 6.07 Å². The number of anilines is 3. The van der Waals surface area contributed by atoms with E-state index in [1.807, 2.05) is 25.1 Å². The number of nitrogens with one attached hydrogen (secondary N) is 3. The summed E-state index contributed by atoms with van der Waals surface area (Å²) in [6.07, 6.45) is 1.75. The van der Waals surface area contributed by atoms with Crippen LogP contribution in [0.4, 0.5) is 22.0 Å². The van der Waals surface area contributed by atoms with E-state index in [9.17, 15) is 9.59 Å². The maximum absolute atomic E-state index is 12.2. The number of benzene rings is 1. The number of amides is 3. The van der Waals surface area contributed by atoms with Crippen molar-refractivity contribution in [1.82, 2.24) is 10.3 Å². The number of rotatable bonds is 5. The molecule has 3 amide bonds. The highest BCUT2D eigenvalue weighted by Gasteiger charge is 2.13. The lowest BCUT2D eigenvalue weighted by atomic mass is 10.2. The molecule has 1 aliphatic rings. The third kappa shape index (κ3) is 5.43. The van der Waals surface area contributed by atoms with Crippen molar-refractivity contribution in [2.45, 2.75) is 20.4 Å². The first-order valence-electron chi connectivity index (χ1n) is 9.22. The van der Waals surface area contributed by atoms with Gasteiger partial charge in [0.25, 0.3) is 0 Å². The van der Waals surface area contributed by atoms with Gasteiger partial charge in [-0.2, -0.15) is 0 Å². The molecule has 0 bridgehead atoms. The zero-order valence-corrected chi connectivity index (χ0v) is 16.1. The minimum absolute atomic E-state index is 0.154. The summed E-state index contributed by atoms with van der Waals surface area (Å²) in [7, 11) is 0. The van der Waals surface area contributed by atoms with Gasteiger partial charge in [0.1, 0.15) is 5.82 Å². The molecule has 28 heavy (non-hydrogen) atoms. The first kappa shape index (κ1) is 19.6. The van der Waals surface area contributed by atoms with Gasteiger partial charge in [-0.05, 0) is 42.3 Å². The number of urea groups is 1. The number of carbonyl (C=O) groups is 2. The van der Waals surface area contributed by atoms with Gasteiger partial charge >= 0.3 is 6.03 Å². The SMILES string of the molecule is CC(=O)Nc1cc(NC(=O)NCc2ccnc(N3CCOCC3)c2)ccc1C. The number of nitrogens with zero attached hydrogens (tertiary/aromatic N) is 2. The topological polar surface area (TPSA) is 95.6 Å². The summed E-state index contributed by atoms with van der Waals surface area (Å²) >= 11 is 0. The van der Waals surface area contributed by atoms with E-state index in [1.54, 1.807) is 18.3 Å². The Morgan fingerprint density at radius 3 is 2.68 bits per heavy atom. The zero-order chi connectivity index (χ0) is 19.9. The second kappa shape index (κ2) is 9.18. The lowest BCUT2D eigenvalue weighted by Crippen LogP contribution is -2.36. The van der Waals surface area contributed by atoms with Crippen molar-refractivity contribution >= 4 is 29.1 Å². The van der Waals surface area contributed by atoms with Crippen molar-refractivity contribution in [3.63, 3.8) is 0 Å². The summed E-state index contributed by atoms with van der Waals surface area (Å²) in [6, 6.07) is 8.92. The average Bonchev–Trinajstić information content (AvgIpc) is 2.69. The minimum atomic E-state index is -0.317. The van der Waals surface area contributed by atoms with Gasteiger partial charge in [-0.15, -0.1) is 0 Å². The van der Waals surface area contributed by atoms with Gasteiger partial charge in [0.2, 0.25) is 5.91 Å². The molecule has 2 heterocycles. The van der Waals surface area contributed by atoms with E-state index in [0.29, 0.717) is 31.1 Å². The van der Waals surface area contributed by atoms with E-state index < -0.39 is 0 Å². The fourth-order valence-corrected chi connectivity index (χ4v) is 2.92. The first-order chi connectivity index (χ1) is 13.5. The quantitative estimate of drug-likeness (QED) is 0.737. The van der Waals surface area contributed by atoms with E-state index in [4.69, 9.17) is 4.74 Å². The number of pyridine rings is 1. The Balaban J connectivity index is 1.56. The first-order valence-corrected chi connectivity index (χ1v) is 9.22. The number of morpholine rings is 1. The summed E-state index contributed by atoms with van der Waals surface area (Å²) in [6.45, 7) is 6.75. The van der Waals surface area contributed by atoms with E-state index in [-0.39, 0.29) is 11.9 Å². The third-order valence-electron chi connectivity index (χ3n) is 4.40. The fraction of sp³-hybridized carbons (Fsp3) is 0.350. The molecule has 0 atom stereocenters. The zero-order valence-electron chi connectivity index (χ0n) is 16.1. The van der Waals surface area contributed by atoms with Crippen LogP contribution < -0.4 is 20.9 Å². The van der Waals surface area contributed by atoms with Crippen LogP contribution in [0.15, 0.2) is 36.5 Å².